The van der Waals surface area contributed by atoms with E-state index in [1.165, 1.54) is 0 Å². The van der Waals surface area contributed by atoms with Gasteiger partial charge in [0.1, 0.15) is 11.9 Å². The highest BCUT2D eigenvalue weighted by atomic mass is 32.2. The summed E-state index contributed by atoms with van der Waals surface area (Å²) in [6.07, 6.45) is -0.341. The van der Waals surface area contributed by atoms with E-state index >= 15 is 0 Å². The van der Waals surface area contributed by atoms with Crippen molar-refractivity contribution in [3.05, 3.63) is 30.3 Å². The van der Waals surface area contributed by atoms with E-state index in [0.29, 0.717) is 5.75 Å². The lowest BCUT2D eigenvalue weighted by Gasteiger charge is -2.12. The van der Waals surface area contributed by atoms with Gasteiger partial charge >= 0.3 is 11.4 Å². The Morgan fingerprint density at radius 3 is 2.80 bits per heavy atom. The van der Waals surface area contributed by atoms with E-state index in [2.05, 4.69) is 0 Å². The Hall–Kier alpha value is -0.400. The van der Waals surface area contributed by atoms with Crippen molar-refractivity contribution in [2.24, 2.45) is 0 Å². The topological polar surface area (TPSA) is 58.6 Å². The molecule has 1 fully saturated rings. The summed E-state index contributed by atoms with van der Waals surface area (Å²) in [7, 11) is 0. The second kappa shape index (κ2) is 5.09. The molecule has 0 radical (unpaired) electrons. The first-order chi connectivity index (χ1) is 7.25. The van der Waals surface area contributed by atoms with Crippen molar-refractivity contribution < 1.29 is 17.1 Å². The predicted molar refractivity (Wildman–Crippen MR) is 56.7 cm³/mol. The van der Waals surface area contributed by atoms with Gasteiger partial charge in [-0.15, -0.1) is 0 Å². The molecule has 82 valence electrons. The fourth-order valence-corrected chi connectivity index (χ4v) is 3.12. The highest BCUT2D eigenvalue weighted by molar-refractivity contribution is 7.91. The zero-order valence-electron chi connectivity index (χ0n) is 7.83. The standard InChI is InChI=1S/C9H10O4S2/c10-14(9-4-2-1-3-5-9)7-8-6-12-15(11)13-8/h1-5,8H,6-7H2. The van der Waals surface area contributed by atoms with Crippen LogP contribution in [0.3, 0.4) is 0 Å². The van der Waals surface area contributed by atoms with Gasteiger partial charge in [0, 0.05) is 0 Å². The summed E-state index contributed by atoms with van der Waals surface area (Å²) in [5.41, 5.74) is 0. The maximum Gasteiger partial charge on any atom is 0.305 e. The zero-order valence-corrected chi connectivity index (χ0v) is 9.46. The van der Waals surface area contributed by atoms with Crippen molar-refractivity contribution in [2.75, 3.05) is 12.4 Å². The average Bonchev–Trinajstić information content (AvgIpc) is 2.65. The molecule has 6 heteroatoms. The largest absolute Gasteiger partial charge is 0.611 e. The molecule has 2 rings (SSSR count). The van der Waals surface area contributed by atoms with Crippen molar-refractivity contribution in [1.82, 2.24) is 0 Å². The minimum Gasteiger partial charge on any atom is -0.611 e. The summed E-state index contributed by atoms with van der Waals surface area (Å²) in [6.45, 7) is 0.241. The summed E-state index contributed by atoms with van der Waals surface area (Å²) in [5, 5.41) is 0. The molecular formula is C9H10O4S2. The Balaban J connectivity index is 1.92. The molecule has 0 aromatic heterocycles. The molecule has 4 nitrogen and oxygen atoms in total. The normalized spacial score (nSPS) is 27.8. The summed E-state index contributed by atoms with van der Waals surface area (Å²) in [6, 6.07) is 9.12. The average molecular weight is 246 g/mol. The van der Waals surface area contributed by atoms with E-state index in [9.17, 15) is 8.76 Å². The van der Waals surface area contributed by atoms with Crippen LogP contribution in [0.1, 0.15) is 0 Å². The Bertz CT molecular complexity index is 343. The highest BCUT2D eigenvalue weighted by Crippen LogP contribution is 2.16. The van der Waals surface area contributed by atoms with Crippen LogP contribution in [0.2, 0.25) is 0 Å². The lowest BCUT2D eigenvalue weighted by Crippen LogP contribution is -2.22. The maximum atomic E-state index is 11.8. The Labute approximate surface area is 93.6 Å². The Morgan fingerprint density at radius 1 is 1.47 bits per heavy atom. The number of benzene rings is 1. The quantitative estimate of drug-likeness (QED) is 0.740. The van der Waals surface area contributed by atoms with Crippen molar-refractivity contribution >= 4 is 22.5 Å². The minimum absolute atomic E-state index is 0.241. The Kier molecular flexibility index (Phi) is 3.76. The molecule has 1 aromatic rings. The van der Waals surface area contributed by atoms with Gasteiger partial charge in [0.15, 0.2) is 4.90 Å². The smallest absolute Gasteiger partial charge is 0.305 e. The molecular weight excluding hydrogens is 236 g/mol. The summed E-state index contributed by atoms with van der Waals surface area (Å²) in [5.74, 6) is 0.315. The summed E-state index contributed by atoms with van der Waals surface area (Å²) < 4.78 is 32.2. The van der Waals surface area contributed by atoms with Gasteiger partial charge in [-0.05, 0) is 23.3 Å². The van der Waals surface area contributed by atoms with Gasteiger partial charge in [-0.3, -0.25) is 8.37 Å². The minimum atomic E-state index is -1.66. The maximum absolute atomic E-state index is 11.8. The van der Waals surface area contributed by atoms with E-state index < -0.39 is 22.5 Å². The van der Waals surface area contributed by atoms with Gasteiger partial charge in [0.25, 0.3) is 0 Å². The predicted octanol–water partition coefficient (Wildman–Crippen LogP) is 0.788. The molecule has 0 aliphatic carbocycles. The third-order valence-electron chi connectivity index (χ3n) is 1.91. The van der Waals surface area contributed by atoms with Gasteiger partial charge in [-0.2, -0.15) is 4.21 Å². The van der Waals surface area contributed by atoms with Crippen LogP contribution in [0.5, 0.6) is 0 Å². The molecule has 0 saturated carbocycles. The molecule has 15 heavy (non-hydrogen) atoms. The lowest BCUT2D eigenvalue weighted by molar-refractivity contribution is 0.264. The molecule has 3 atom stereocenters. The summed E-state index contributed by atoms with van der Waals surface area (Å²) in [4.78, 5) is 0.749. The van der Waals surface area contributed by atoms with Gasteiger partial charge in [0.05, 0.1) is 6.61 Å². The van der Waals surface area contributed by atoms with E-state index in [4.69, 9.17) is 8.37 Å². The summed E-state index contributed by atoms with van der Waals surface area (Å²) >= 11 is -2.79. The van der Waals surface area contributed by atoms with Crippen LogP contribution in [0, 0.1) is 0 Å². The van der Waals surface area contributed by atoms with Crippen LogP contribution < -0.4 is 0 Å². The highest BCUT2D eigenvalue weighted by Gasteiger charge is 2.28. The van der Waals surface area contributed by atoms with Crippen LogP contribution in [0.4, 0.5) is 0 Å². The number of hydrogen-bond acceptors (Lipinski definition) is 4. The van der Waals surface area contributed by atoms with Crippen LogP contribution in [0.15, 0.2) is 35.2 Å². The monoisotopic (exact) mass is 246 g/mol. The van der Waals surface area contributed by atoms with Crippen LogP contribution in [-0.4, -0.2) is 27.2 Å². The fraction of sp³-hybridized carbons (Fsp3) is 0.333. The second-order valence-corrected chi connectivity index (χ2v) is 5.36. The molecule has 0 N–H and O–H groups in total. The van der Waals surface area contributed by atoms with Gasteiger partial charge in [0.2, 0.25) is 0 Å². The third-order valence-corrected chi connectivity index (χ3v) is 4.14. The molecule has 3 unspecified atom stereocenters. The zero-order chi connectivity index (χ0) is 10.7. The second-order valence-electron chi connectivity index (χ2n) is 3.03. The third kappa shape index (κ3) is 3.02. The first-order valence-corrected chi connectivity index (χ1v) is 6.73. The van der Waals surface area contributed by atoms with Crippen LogP contribution in [0.25, 0.3) is 0 Å². The van der Waals surface area contributed by atoms with E-state index in [0.717, 1.165) is 4.90 Å². The molecule has 0 bridgehead atoms. The van der Waals surface area contributed by atoms with Gasteiger partial charge < -0.3 is 4.55 Å². The Morgan fingerprint density at radius 2 is 2.20 bits per heavy atom. The molecule has 1 aliphatic heterocycles. The first-order valence-electron chi connectivity index (χ1n) is 4.41. The van der Waals surface area contributed by atoms with Gasteiger partial charge in [-0.1, -0.05) is 18.2 Å². The molecule has 1 aliphatic rings. The molecule has 1 heterocycles. The SMILES string of the molecule is O=S1OCC(C[S+]([O-])c2ccccc2)O1. The van der Waals surface area contributed by atoms with Crippen molar-refractivity contribution in [2.45, 2.75) is 11.0 Å². The van der Waals surface area contributed by atoms with Crippen molar-refractivity contribution in [1.29, 1.82) is 0 Å². The lowest BCUT2D eigenvalue weighted by atomic mass is 10.4. The van der Waals surface area contributed by atoms with Crippen molar-refractivity contribution in [3.63, 3.8) is 0 Å². The number of hydrogen-bond donors (Lipinski definition) is 0. The molecule has 1 saturated heterocycles. The molecule has 1 aromatic carbocycles. The van der Waals surface area contributed by atoms with Crippen LogP contribution in [-0.2, 0) is 30.9 Å². The molecule has 0 spiro atoms. The van der Waals surface area contributed by atoms with E-state index in [1.54, 1.807) is 12.1 Å². The van der Waals surface area contributed by atoms with E-state index in [-0.39, 0.29) is 12.7 Å². The van der Waals surface area contributed by atoms with Gasteiger partial charge in [-0.25, -0.2) is 0 Å². The van der Waals surface area contributed by atoms with Crippen molar-refractivity contribution in [3.8, 4) is 0 Å². The van der Waals surface area contributed by atoms with E-state index in [1.807, 2.05) is 18.2 Å². The van der Waals surface area contributed by atoms with Crippen LogP contribution >= 0.6 is 0 Å². The molecule has 0 amide bonds. The fourth-order valence-electron chi connectivity index (χ4n) is 1.21. The number of rotatable bonds is 3. The first kappa shape index (κ1) is 11.1.